The van der Waals surface area contributed by atoms with Crippen LogP contribution in [0.25, 0.3) is 5.69 Å². The van der Waals surface area contributed by atoms with Gasteiger partial charge in [0, 0.05) is 28.9 Å². The largest absolute Gasteiger partial charge is 0.478 e. The average molecular weight is 487 g/mol. The van der Waals surface area contributed by atoms with Gasteiger partial charge in [-0.1, -0.05) is 23.7 Å². The molecule has 3 aromatic rings. The average Bonchev–Trinajstić information content (AvgIpc) is 3.10. The highest BCUT2D eigenvalue weighted by Crippen LogP contribution is 2.60. The van der Waals surface area contributed by atoms with Crippen LogP contribution in [0.5, 0.6) is 0 Å². The Balaban J connectivity index is 1.24. The normalized spacial score (nSPS) is 27.1. The lowest BCUT2D eigenvalue weighted by atomic mass is 9.48. The number of aliphatic imine (C=N–C) groups is 1. The maximum absolute atomic E-state index is 11.5. The van der Waals surface area contributed by atoms with Crippen LogP contribution in [0.3, 0.4) is 0 Å². The molecule has 4 saturated carbocycles. The quantitative estimate of drug-likeness (QED) is 0.376. The van der Waals surface area contributed by atoms with E-state index in [1.54, 1.807) is 12.1 Å². The summed E-state index contributed by atoms with van der Waals surface area (Å²) >= 11 is 6.07. The van der Waals surface area contributed by atoms with Gasteiger partial charge < -0.3 is 9.67 Å². The van der Waals surface area contributed by atoms with Crippen LogP contribution in [0, 0.1) is 31.6 Å². The van der Waals surface area contributed by atoms with Gasteiger partial charge in [0.1, 0.15) is 0 Å². The molecule has 4 bridgehead atoms. The molecule has 4 aliphatic rings. The van der Waals surface area contributed by atoms with Gasteiger partial charge in [-0.05, 0) is 118 Å². The zero-order valence-corrected chi connectivity index (χ0v) is 21.1. The number of aryl methyl sites for hydroxylation is 1. The highest BCUT2D eigenvalue weighted by molar-refractivity contribution is 6.33. The summed E-state index contributed by atoms with van der Waals surface area (Å²) in [6.07, 6.45) is 10.4. The fourth-order valence-corrected chi connectivity index (χ4v) is 7.84. The monoisotopic (exact) mass is 486 g/mol. The first-order valence-electron chi connectivity index (χ1n) is 12.7. The fourth-order valence-electron chi connectivity index (χ4n) is 7.64. The first-order chi connectivity index (χ1) is 16.8. The van der Waals surface area contributed by atoms with Gasteiger partial charge in [-0.3, -0.25) is 4.99 Å². The molecule has 0 aliphatic heterocycles. The van der Waals surface area contributed by atoms with Gasteiger partial charge in [0.05, 0.1) is 16.3 Å². The smallest absolute Gasteiger partial charge is 0.337 e. The molecule has 5 heteroatoms. The number of nitrogens with zero attached hydrogens (tertiary/aromatic N) is 2. The first kappa shape index (κ1) is 22.6. The first-order valence-corrected chi connectivity index (χ1v) is 13.1. The van der Waals surface area contributed by atoms with E-state index >= 15 is 0 Å². The van der Waals surface area contributed by atoms with E-state index in [0.717, 1.165) is 46.1 Å². The molecule has 0 saturated heterocycles. The van der Waals surface area contributed by atoms with Crippen molar-refractivity contribution in [2.24, 2.45) is 22.7 Å². The fraction of sp³-hybridized carbons (Fsp3) is 0.400. The predicted octanol–water partition coefficient (Wildman–Crippen LogP) is 7.66. The summed E-state index contributed by atoms with van der Waals surface area (Å²) in [6, 6.07) is 16.2. The maximum Gasteiger partial charge on any atom is 0.337 e. The third kappa shape index (κ3) is 3.92. The Hall–Kier alpha value is -2.85. The minimum absolute atomic E-state index is 0.103. The molecule has 35 heavy (non-hydrogen) atoms. The summed E-state index contributed by atoms with van der Waals surface area (Å²) in [4.78, 5) is 16.3. The van der Waals surface area contributed by atoms with Gasteiger partial charge in [-0.2, -0.15) is 0 Å². The van der Waals surface area contributed by atoms with Crippen LogP contribution < -0.4 is 0 Å². The Morgan fingerprint density at radius 2 is 1.63 bits per heavy atom. The van der Waals surface area contributed by atoms with E-state index in [1.807, 2.05) is 30.7 Å². The minimum atomic E-state index is -1.03. The van der Waals surface area contributed by atoms with Crippen molar-refractivity contribution in [3.63, 3.8) is 0 Å². The highest BCUT2D eigenvalue weighted by atomic mass is 35.5. The van der Waals surface area contributed by atoms with Crippen molar-refractivity contribution in [3.8, 4) is 5.69 Å². The van der Waals surface area contributed by atoms with Gasteiger partial charge in [-0.15, -0.1) is 0 Å². The Kier molecular flexibility index (Phi) is 5.41. The summed E-state index contributed by atoms with van der Waals surface area (Å²) in [5, 5.41) is 9.68. The van der Waals surface area contributed by atoms with E-state index in [-0.39, 0.29) is 10.6 Å². The molecule has 0 atom stereocenters. The van der Waals surface area contributed by atoms with Crippen molar-refractivity contribution < 1.29 is 9.90 Å². The van der Waals surface area contributed by atoms with Crippen LogP contribution in [0.4, 0.5) is 5.69 Å². The number of aromatic carboxylic acids is 1. The number of benzene rings is 2. The number of hydrogen-bond acceptors (Lipinski definition) is 2. The summed E-state index contributed by atoms with van der Waals surface area (Å²) in [5.74, 6) is 1.81. The van der Waals surface area contributed by atoms with E-state index < -0.39 is 5.97 Å². The van der Waals surface area contributed by atoms with Crippen molar-refractivity contribution in [2.45, 2.75) is 57.8 Å². The second-order valence-corrected chi connectivity index (χ2v) is 11.5. The number of rotatable bonds is 5. The molecule has 180 valence electrons. The third-order valence-corrected chi connectivity index (χ3v) is 9.11. The molecule has 7 rings (SSSR count). The summed E-state index contributed by atoms with van der Waals surface area (Å²) in [5.41, 5.74) is 6.81. The van der Waals surface area contributed by atoms with E-state index in [9.17, 15) is 9.90 Å². The minimum Gasteiger partial charge on any atom is -0.478 e. The lowest BCUT2D eigenvalue weighted by Crippen LogP contribution is -2.48. The Bertz CT molecular complexity index is 1300. The molecule has 1 aromatic heterocycles. The van der Waals surface area contributed by atoms with Crippen molar-refractivity contribution in [1.82, 2.24) is 4.57 Å². The maximum atomic E-state index is 11.5. The molecular weight excluding hydrogens is 456 g/mol. The number of carboxylic acids is 1. The van der Waals surface area contributed by atoms with Crippen molar-refractivity contribution in [3.05, 3.63) is 81.6 Å². The van der Waals surface area contributed by atoms with Crippen LogP contribution in [-0.2, 0) is 5.41 Å². The zero-order valence-electron chi connectivity index (χ0n) is 20.3. The van der Waals surface area contributed by atoms with Crippen molar-refractivity contribution in [2.75, 3.05) is 0 Å². The van der Waals surface area contributed by atoms with E-state index in [4.69, 9.17) is 16.6 Å². The number of carboxylic acid groups (broad SMARTS) is 1. The Morgan fingerprint density at radius 1 is 1.00 bits per heavy atom. The zero-order chi connectivity index (χ0) is 24.3. The lowest BCUT2D eigenvalue weighted by molar-refractivity contribution is -0.00518. The summed E-state index contributed by atoms with van der Waals surface area (Å²) < 4.78 is 2.04. The van der Waals surface area contributed by atoms with Crippen LogP contribution in [-0.4, -0.2) is 21.9 Å². The number of hydrogen-bond donors (Lipinski definition) is 1. The van der Waals surface area contributed by atoms with Gasteiger partial charge in [0.25, 0.3) is 0 Å². The standard InChI is InChI=1S/C30H31ClN2O2/c1-18-9-23(19(2)33(18)26-7-8-28(31)27(13-26)29(34)35)17-32-25-5-3-24(4-6-25)30-14-20-10-21(15-30)12-22(11-20)16-30/h3-9,13,17,20-22H,10-12,14-16H2,1-2H3,(H,34,35). The molecule has 0 spiro atoms. The Labute approximate surface area is 211 Å². The number of carbonyl (C=O) groups is 1. The summed E-state index contributed by atoms with van der Waals surface area (Å²) in [7, 11) is 0. The second-order valence-electron chi connectivity index (χ2n) is 11.1. The molecule has 1 N–H and O–H groups in total. The third-order valence-electron chi connectivity index (χ3n) is 8.78. The highest BCUT2D eigenvalue weighted by Gasteiger charge is 2.51. The van der Waals surface area contributed by atoms with Crippen molar-refractivity contribution in [1.29, 1.82) is 0 Å². The molecule has 4 nitrogen and oxygen atoms in total. The lowest BCUT2D eigenvalue weighted by Gasteiger charge is -2.57. The molecular formula is C30H31ClN2O2. The number of halogens is 1. The topological polar surface area (TPSA) is 54.6 Å². The molecule has 0 radical (unpaired) electrons. The molecule has 2 aromatic carbocycles. The van der Waals surface area contributed by atoms with Crippen LogP contribution >= 0.6 is 11.6 Å². The van der Waals surface area contributed by atoms with Gasteiger partial charge in [0.15, 0.2) is 0 Å². The SMILES string of the molecule is Cc1cc(C=Nc2ccc(C34CC5CC(CC(C5)C3)C4)cc2)c(C)n1-c1ccc(Cl)c(C(=O)O)c1. The van der Waals surface area contributed by atoms with Gasteiger partial charge >= 0.3 is 5.97 Å². The second kappa shape index (κ2) is 8.37. The van der Waals surface area contributed by atoms with E-state index in [2.05, 4.69) is 30.3 Å². The van der Waals surface area contributed by atoms with E-state index in [0.29, 0.717) is 5.41 Å². The van der Waals surface area contributed by atoms with Gasteiger partial charge in [-0.25, -0.2) is 4.79 Å². The molecule has 4 fully saturated rings. The summed E-state index contributed by atoms with van der Waals surface area (Å²) in [6.45, 7) is 4.04. The predicted molar refractivity (Wildman–Crippen MR) is 141 cm³/mol. The number of aromatic nitrogens is 1. The molecule has 1 heterocycles. The Morgan fingerprint density at radius 3 is 2.23 bits per heavy atom. The molecule has 4 aliphatic carbocycles. The van der Waals surface area contributed by atoms with Crippen LogP contribution in [0.1, 0.15) is 71.4 Å². The van der Waals surface area contributed by atoms with Gasteiger partial charge in [0.2, 0.25) is 0 Å². The van der Waals surface area contributed by atoms with Crippen LogP contribution in [0.2, 0.25) is 5.02 Å². The molecule has 0 unspecified atom stereocenters. The van der Waals surface area contributed by atoms with E-state index in [1.165, 1.54) is 44.1 Å². The van der Waals surface area contributed by atoms with Crippen molar-refractivity contribution >= 4 is 29.5 Å². The van der Waals surface area contributed by atoms with Crippen LogP contribution in [0.15, 0.2) is 53.5 Å². The molecule has 0 amide bonds.